The minimum absolute atomic E-state index is 0.0318. The van der Waals surface area contributed by atoms with Crippen molar-refractivity contribution in [2.24, 2.45) is 0 Å². The predicted molar refractivity (Wildman–Crippen MR) is 69.1 cm³/mol. The van der Waals surface area contributed by atoms with Crippen LogP contribution in [-0.2, 0) is 4.79 Å². The van der Waals surface area contributed by atoms with Gasteiger partial charge in [0.15, 0.2) is 0 Å². The Kier molecular flexibility index (Phi) is 6.46. The zero-order valence-corrected chi connectivity index (χ0v) is 11.0. The Morgan fingerprint density at radius 2 is 2.33 bits per heavy atom. The number of aliphatic hydroxyl groups is 1. The van der Waals surface area contributed by atoms with Crippen molar-refractivity contribution < 1.29 is 14.3 Å². The van der Waals surface area contributed by atoms with Crippen molar-refractivity contribution in [3.63, 3.8) is 0 Å². The van der Waals surface area contributed by atoms with Gasteiger partial charge in [0.2, 0.25) is 5.91 Å². The lowest BCUT2D eigenvalue weighted by molar-refractivity contribution is -0.121. The summed E-state index contributed by atoms with van der Waals surface area (Å²) >= 11 is 0. The van der Waals surface area contributed by atoms with E-state index in [1.54, 1.807) is 12.1 Å². The molecule has 1 amide bonds. The second-order valence-corrected chi connectivity index (χ2v) is 4.36. The lowest BCUT2D eigenvalue weighted by Crippen LogP contribution is -2.34. The fourth-order valence-corrected chi connectivity index (χ4v) is 1.47. The van der Waals surface area contributed by atoms with Crippen LogP contribution >= 0.6 is 0 Å². The first kappa shape index (κ1) is 14.7. The van der Waals surface area contributed by atoms with Crippen LogP contribution in [0.15, 0.2) is 22.8 Å². The molecule has 0 aliphatic heterocycles. The fraction of sp³-hybridized carbons (Fsp3) is 0.615. The number of aliphatic hydroxyl groups excluding tert-OH is 1. The van der Waals surface area contributed by atoms with E-state index in [1.165, 1.54) is 6.26 Å². The quantitative estimate of drug-likeness (QED) is 0.610. The van der Waals surface area contributed by atoms with E-state index in [0.29, 0.717) is 25.3 Å². The first-order valence-electron chi connectivity index (χ1n) is 6.35. The van der Waals surface area contributed by atoms with Gasteiger partial charge in [0.1, 0.15) is 11.9 Å². The van der Waals surface area contributed by atoms with Crippen LogP contribution in [0.3, 0.4) is 0 Å². The molecule has 0 spiro atoms. The number of carbonyl (C=O) groups is 1. The van der Waals surface area contributed by atoms with Crippen LogP contribution in [0.1, 0.15) is 38.6 Å². The zero-order chi connectivity index (χ0) is 13.4. The van der Waals surface area contributed by atoms with Gasteiger partial charge in [0.05, 0.1) is 6.26 Å². The largest absolute Gasteiger partial charge is 0.467 e. The second kappa shape index (κ2) is 7.89. The molecule has 0 radical (unpaired) electrons. The molecule has 2 atom stereocenters. The van der Waals surface area contributed by atoms with E-state index < -0.39 is 6.10 Å². The highest BCUT2D eigenvalue weighted by Gasteiger charge is 2.10. The van der Waals surface area contributed by atoms with Crippen LogP contribution in [0.5, 0.6) is 0 Å². The van der Waals surface area contributed by atoms with Gasteiger partial charge in [0, 0.05) is 25.6 Å². The van der Waals surface area contributed by atoms with Crippen molar-refractivity contribution in [1.29, 1.82) is 0 Å². The van der Waals surface area contributed by atoms with Crippen molar-refractivity contribution in [2.75, 3.05) is 13.1 Å². The van der Waals surface area contributed by atoms with Gasteiger partial charge in [-0.3, -0.25) is 4.79 Å². The Bertz CT molecular complexity index is 338. The lowest BCUT2D eigenvalue weighted by atomic mass is 10.2. The molecule has 102 valence electrons. The van der Waals surface area contributed by atoms with Crippen LogP contribution in [-0.4, -0.2) is 30.1 Å². The average molecular weight is 254 g/mol. The standard InChI is InChI=1S/C13H22N2O3/c1-3-10(2)15-13(17)6-7-14-9-11(16)12-5-4-8-18-12/h4-5,8,10-11,14,16H,3,6-7,9H2,1-2H3,(H,15,17). The minimum Gasteiger partial charge on any atom is -0.467 e. The molecule has 18 heavy (non-hydrogen) atoms. The van der Waals surface area contributed by atoms with Gasteiger partial charge in [-0.2, -0.15) is 0 Å². The molecule has 0 saturated carbocycles. The molecular formula is C13H22N2O3. The van der Waals surface area contributed by atoms with Gasteiger partial charge in [-0.15, -0.1) is 0 Å². The van der Waals surface area contributed by atoms with Crippen LogP contribution < -0.4 is 10.6 Å². The molecule has 5 nitrogen and oxygen atoms in total. The van der Waals surface area contributed by atoms with Gasteiger partial charge >= 0.3 is 0 Å². The lowest BCUT2D eigenvalue weighted by Gasteiger charge is -2.12. The van der Waals surface area contributed by atoms with Crippen molar-refractivity contribution >= 4 is 5.91 Å². The van der Waals surface area contributed by atoms with E-state index in [1.807, 2.05) is 13.8 Å². The molecule has 1 rings (SSSR count). The summed E-state index contributed by atoms with van der Waals surface area (Å²) in [5.74, 6) is 0.566. The van der Waals surface area contributed by atoms with Gasteiger partial charge in [-0.25, -0.2) is 0 Å². The normalized spacial score (nSPS) is 14.2. The summed E-state index contributed by atoms with van der Waals surface area (Å²) in [6.45, 7) is 4.93. The van der Waals surface area contributed by atoms with Crippen LogP contribution in [0.4, 0.5) is 0 Å². The second-order valence-electron chi connectivity index (χ2n) is 4.36. The number of furan rings is 1. The molecule has 1 aromatic heterocycles. The third-order valence-electron chi connectivity index (χ3n) is 2.76. The van der Waals surface area contributed by atoms with E-state index in [0.717, 1.165) is 6.42 Å². The topological polar surface area (TPSA) is 74.5 Å². The highest BCUT2D eigenvalue weighted by Crippen LogP contribution is 2.11. The number of rotatable bonds is 8. The Labute approximate surface area is 108 Å². The number of carbonyl (C=O) groups excluding carboxylic acids is 1. The van der Waals surface area contributed by atoms with E-state index in [-0.39, 0.29) is 11.9 Å². The SMILES string of the molecule is CCC(C)NC(=O)CCNCC(O)c1ccco1. The average Bonchev–Trinajstić information content (AvgIpc) is 2.88. The van der Waals surface area contributed by atoms with Crippen molar-refractivity contribution in [3.05, 3.63) is 24.2 Å². The maximum absolute atomic E-state index is 11.5. The van der Waals surface area contributed by atoms with Gasteiger partial charge in [-0.1, -0.05) is 6.92 Å². The van der Waals surface area contributed by atoms with E-state index in [9.17, 15) is 9.90 Å². The molecule has 0 fully saturated rings. The summed E-state index contributed by atoms with van der Waals surface area (Å²) in [5.41, 5.74) is 0. The van der Waals surface area contributed by atoms with E-state index in [2.05, 4.69) is 10.6 Å². The molecule has 0 aliphatic rings. The molecule has 0 saturated heterocycles. The molecule has 1 heterocycles. The van der Waals surface area contributed by atoms with Gasteiger partial charge < -0.3 is 20.2 Å². The fourth-order valence-electron chi connectivity index (χ4n) is 1.47. The maximum Gasteiger partial charge on any atom is 0.221 e. The number of hydrogen-bond acceptors (Lipinski definition) is 4. The van der Waals surface area contributed by atoms with Crippen LogP contribution in [0, 0.1) is 0 Å². The highest BCUT2D eigenvalue weighted by molar-refractivity contribution is 5.76. The predicted octanol–water partition coefficient (Wildman–Crippen LogP) is 1.21. The Morgan fingerprint density at radius 1 is 1.56 bits per heavy atom. The van der Waals surface area contributed by atoms with Crippen LogP contribution in [0.25, 0.3) is 0 Å². The van der Waals surface area contributed by atoms with E-state index >= 15 is 0 Å². The Balaban J connectivity index is 2.10. The Morgan fingerprint density at radius 3 is 2.94 bits per heavy atom. The summed E-state index contributed by atoms with van der Waals surface area (Å²) in [6, 6.07) is 3.67. The molecular weight excluding hydrogens is 232 g/mol. The molecule has 0 aliphatic carbocycles. The van der Waals surface area contributed by atoms with Gasteiger partial charge in [0.25, 0.3) is 0 Å². The third kappa shape index (κ3) is 5.33. The first-order chi connectivity index (χ1) is 8.63. The Hall–Kier alpha value is -1.33. The number of hydrogen-bond donors (Lipinski definition) is 3. The van der Waals surface area contributed by atoms with Crippen LogP contribution in [0.2, 0.25) is 0 Å². The molecule has 2 unspecified atom stereocenters. The summed E-state index contributed by atoms with van der Waals surface area (Å²) in [5, 5.41) is 15.6. The number of amides is 1. The minimum atomic E-state index is -0.669. The molecule has 0 bridgehead atoms. The number of nitrogens with one attached hydrogen (secondary N) is 2. The zero-order valence-electron chi connectivity index (χ0n) is 11.0. The van der Waals surface area contributed by atoms with Crippen molar-refractivity contribution in [3.8, 4) is 0 Å². The summed E-state index contributed by atoms with van der Waals surface area (Å²) in [6.07, 6.45) is 2.20. The van der Waals surface area contributed by atoms with E-state index in [4.69, 9.17) is 4.42 Å². The summed E-state index contributed by atoms with van der Waals surface area (Å²) in [4.78, 5) is 11.5. The smallest absolute Gasteiger partial charge is 0.221 e. The van der Waals surface area contributed by atoms with Crippen molar-refractivity contribution in [1.82, 2.24) is 10.6 Å². The summed E-state index contributed by atoms with van der Waals surface area (Å²) in [7, 11) is 0. The maximum atomic E-state index is 11.5. The first-order valence-corrected chi connectivity index (χ1v) is 6.35. The third-order valence-corrected chi connectivity index (χ3v) is 2.76. The molecule has 5 heteroatoms. The van der Waals surface area contributed by atoms with Crippen molar-refractivity contribution in [2.45, 2.75) is 38.8 Å². The molecule has 0 aromatic carbocycles. The monoisotopic (exact) mass is 254 g/mol. The summed E-state index contributed by atoms with van der Waals surface area (Å²) < 4.78 is 5.07. The molecule has 3 N–H and O–H groups in total. The van der Waals surface area contributed by atoms with Gasteiger partial charge in [-0.05, 0) is 25.5 Å². The molecule has 1 aromatic rings. The highest BCUT2D eigenvalue weighted by atomic mass is 16.4.